The number of rotatable bonds is 2. The van der Waals surface area contributed by atoms with E-state index in [1.807, 2.05) is 0 Å². The molecule has 3 rings (SSSR count). The van der Waals surface area contributed by atoms with E-state index >= 15 is 0 Å². The number of carboxylic acid groups (broad SMARTS) is 1. The second-order valence-corrected chi connectivity index (χ2v) is 5.36. The summed E-state index contributed by atoms with van der Waals surface area (Å²) in [5.74, 6) is -1.08. The number of carbonyl (C=O) groups is 1. The van der Waals surface area contributed by atoms with E-state index in [9.17, 15) is 14.4 Å². The van der Waals surface area contributed by atoms with E-state index in [2.05, 4.69) is 4.98 Å². The highest BCUT2D eigenvalue weighted by atomic mass is 32.1. The monoisotopic (exact) mass is 302 g/mol. The van der Waals surface area contributed by atoms with Gasteiger partial charge in [0.15, 0.2) is 0 Å². The second-order valence-electron chi connectivity index (χ2n) is 4.50. The third-order valence-corrected chi connectivity index (χ3v) is 4.32. The summed E-state index contributed by atoms with van der Waals surface area (Å²) in [4.78, 5) is 38.3. The van der Waals surface area contributed by atoms with Gasteiger partial charge in [0.25, 0.3) is 5.56 Å². The van der Waals surface area contributed by atoms with Gasteiger partial charge >= 0.3 is 11.7 Å². The number of hydrogen-bond donors (Lipinski definition) is 2. The molecule has 1 aromatic carbocycles. The fraction of sp³-hybridized carbons (Fsp3) is 0.0714. The molecular weight excluding hydrogens is 292 g/mol. The number of aromatic carboxylic acids is 1. The van der Waals surface area contributed by atoms with Crippen molar-refractivity contribution in [1.82, 2.24) is 9.55 Å². The summed E-state index contributed by atoms with van der Waals surface area (Å²) >= 11 is 1.06. The maximum absolute atomic E-state index is 12.5. The van der Waals surface area contributed by atoms with Crippen molar-refractivity contribution in [2.24, 2.45) is 0 Å². The quantitative estimate of drug-likeness (QED) is 0.754. The second kappa shape index (κ2) is 4.71. The summed E-state index contributed by atoms with van der Waals surface area (Å²) < 4.78 is 0.981. The van der Waals surface area contributed by atoms with Gasteiger partial charge in [-0.2, -0.15) is 0 Å². The molecule has 0 unspecified atom stereocenters. The minimum atomic E-state index is -1.08. The number of nitrogens with one attached hydrogen (secondary N) is 1. The molecule has 2 N–H and O–H groups in total. The maximum Gasteiger partial charge on any atom is 0.336 e. The first kappa shape index (κ1) is 13.3. The molecule has 0 radical (unpaired) electrons. The Hall–Kier alpha value is -2.67. The van der Waals surface area contributed by atoms with E-state index in [0.29, 0.717) is 21.5 Å². The average molecular weight is 302 g/mol. The molecule has 0 amide bonds. The zero-order valence-electron chi connectivity index (χ0n) is 10.9. The van der Waals surface area contributed by atoms with Crippen LogP contribution in [-0.4, -0.2) is 20.6 Å². The first-order valence-electron chi connectivity index (χ1n) is 6.06. The smallest absolute Gasteiger partial charge is 0.336 e. The molecule has 0 aliphatic carbocycles. The minimum absolute atomic E-state index is 0.0921. The number of aromatic amines is 1. The fourth-order valence-electron chi connectivity index (χ4n) is 2.18. The van der Waals surface area contributed by atoms with Gasteiger partial charge in [0.2, 0.25) is 0 Å². The number of fused-ring (bicyclic) bond motifs is 1. The van der Waals surface area contributed by atoms with Crippen molar-refractivity contribution in [1.29, 1.82) is 0 Å². The lowest BCUT2D eigenvalue weighted by Crippen LogP contribution is -2.33. The van der Waals surface area contributed by atoms with E-state index in [0.717, 1.165) is 15.9 Å². The lowest BCUT2D eigenvalue weighted by Gasteiger charge is -2.05. The Morgan fingerprint density at radius 2 is 2.00 bits per heavy atom. The largest absolute Gasteiger partial charge is 0.478 e. The van der Waals surface area contributed by atoms with Crippen LogP contribution in [0.25, 0.3) is 15.9 Å². The van der Waals surface area contributed by atoms with Crippen molar-refractivity contribution in [3.05, 3.63) is 61.6 Å². The van der Waals surface area contributed by atoms with Crippen LogP contribution in [0.1, 0.15) is 15.9 Å². The summed E-state index contributed by atoms with van der Waals surface area (Å²) in [6.45, 7) is 1.58. The third kappa shape index (κ3) is 1.98. The Balaban J connectivity index is 2.39. The molecular formula is C14H10N2O4S. The normalized spacial score (nSPS) is 10.9. The van der Waals surface area contributed by atoms with Gasteiger partial charge in [-0.3, -0.25) is 4.79 Å². The fourth-order valence-corrected chi connectivity index (χ4v) is 3.25. The van der Waals surface area contributed by atoms with Crippen molar-refractivity contribution >= 4 is 28.2 Å². The van der Waals surface area contributed by atoms with Crippen LogP contribution in [0.5, 0.6) is 0 Å². The van der Waals surface area contributed by atoms with Gasteiger partial charge in [0, 0.05) is 5.38 Å². The summed E-state index contributed by atoms with van der Waals surface area (Å²) in [5.41, 5.74) is -0.0990. The molecule has 0 aliphatic rings. The predicted octanol–water partition coefficient (Wildman–Crippen LogP) is 1.75. The topological polar surface area (TPSA) is 92.2 Å². The first-order valence-corrected chi connectivity index (χ1v) is 6.94. The number of para-hydroxylation sites is 1. The van der Waals surface area contributed by atoms with E-state index in [1.165, 1.54) is 5.38 Å². The summed E-state index contributed by atoms with van der Waals surface area (Å²) in [7, 11) is 0. The molecule has 0 saturated heterocycles. The van der Waals surface area contributed by atoms with Crippen LogP contribution in [0.2, 0.25) is 0 Å². The van der Waals surface area contributed by atoms with Gasteiger partial charge in [-0.1, -0.05) is 12.1 Å². The number of H-pyrrole nitrogens is 1. The van der Waals surface area contributed by atoms with Gasteiger partial charge in [0.1, 0.15) is 5.00 Å². The molecule has 0 spiro atoms. The Labute approximate surface area is 121 Å². The minimum Gasteiger partial charge on any atom is -0.478 e. The molecule has 21 heavy (non-hydrogen) atoms. The van der Waals surface area contributed by atoms with Gasteiger partial charge in [0.05, 0.1) is 16.5 Å². The summed E-state index contributed by atoms with van der Waals surface area (Å²) in [6, 6.07) is 6.69. The first-order chi connectivity index (χ1) is 10.0. The molecule has 2 aromatic heterocycles. The Kier molecular flexibility index (Phi) is 2.99. The van der Waals surface area contributed by atoms with Gasteiger partial charge in [-0.15, -0.1) is 11.3 Å². The lowest BCUT2D eigenvalue weighted by molar-refractivity contribution is 0.0696. The zero-order chi connectivity index (χ0) is 15.1. The Bertz CT molecular complexity index is 981. The highest BCUT2D eigenvalue weighted by molar-refractivity contribution is 7.13. The van der Waals surface area contributed by atoms with Crippen molar-refractivity contribution in [3.63, 3.8) is 0 Å². The Morgan fingerprint density at radius 3 is 2.67 bits per heavy atom. The molecule has 0 saturated carbocycles. The number of carboxylic acids is 1. The molecule has 7 heteroatoms. The molecule has 0 atom stereocenters. The number of aromatic nitrogens is 2. The van der Waals surface area contributed by atoms with Crippen LogP contribution in [-0.2, 0) is 0 Å². The van der Waals surface area contributed by atoms with Gasteiger partial charge < -0.3 is 10.1 Å². The summed E-state index contributed by atoms with van der Waals surface area (Å²) in [5, 5.41) is 11.2. The summed E-state index contributed by atoms with van der Waals surface area (Å²) in [6.07, 6.45) is 0. The number of hydrogen-bond acceptors (Lipinski definition) is 4. The SMILES string of the molecule is Cc1c(C(=O)O)csc1-n1c(=O)[nH]c2ccccc2c1=O. The van der Waals surface area contributed by atoms with Crippen LogP contribution < -0.4 is 11.2 Å². The number of nitrogens with zero attached hydrogens (tertiary/aromatic N) is 1. The van der Waals surface area contributed by atoms with E-state index in [-0.39, 0.29) is 5.56 Å². The van der Waals surface area contributed by atoms with Gasteiger partial charge in [-0.05, 0) is 24.6 Å². The molecule has 3 aromatic rings. The molecule has 0 aliphatic heterocycles. The van der Waals surface area contributed by atoms with E-state index in [1.54, 1.807) is 31.2 Å². The average Bonchev–Trinajstić information content (AvgIpc) is 2.81. The molecule has 0 fully saturated rings. The standard InChI is InChI=1S/C14H10N2O4S/c1-7-9(13(18)19)6-21-12(7)16-11(17)8-4-2-3-5-10(8)15-14(16)20/h2-6H,1H3,(H,15,20)(H,18,19). The van der Waals surface area contributed by atoms with Crippen LogP contribution in [0.4, 0.5) is 0 Å². The van der Waals surface area contributed by atoms with E-state index < -0.39 is 17.2 Å². The van der Waals surface area contributed by atoms with Crippen LogP contribution >= 0.6 is 11.3 Å². The van der Waals surface area contributed by atoms with Crippen molar-refractivity contribution < 1.29 is 9.90 Å². The number of benzene rings is 1. The molecule has 0 bridgehead atoms. The van der Waals surface area contributed by atoms with E-state index in [4.69, 9.17) is 5.11 Å². The zero-order valence-corrected chi connectivity index (χ0v) is 11.7. The highest BCUT2D eigenvalue weighted by Crippen LogP contribution is 2.24. The molecule has 6 nitrogen and oxygen atoms in total. The number of thiophene rings is 1. The van der Waals surface area contributed by atoms with Crippen molar-refractivity contribution in [2.45, 2.75) is 6.92 Å². The van der Waals surface area contributed by atoms with Crippen molar-refractivity contribution in [2.75, 3.05) is 0 Å². The highest BCUT2D eigenvalue weighted by Gasteiger charge is 2.18. The Morgan fingerprint density at radius 1 is 1.29 bits per heavy atom. The third-order valence-electron chi connectivity index (χ3n) is 3.25. The van der Waals surface area contributed by atoms with Crippen LogP contribution in [0.3, 0.4) is 0 Å². The lowest BCUT2D eigenvalue weighted by atomic mass is 10.2. The maximum atomic E-state index is 12.5. The molecule has 106 valence electrons. The van der Waals surface area contributed by atoms with Crippen LogP contribution in [0.15, 0.2) is 39.2 Å². The predicted molar refractivity (Wildman–Crippen MR) is 79.7 cm³/mol. The molecule has 2 heterocycles. The van der Waals surface area contributed by atoms with Crippen molar-refractivity contribution in [3.8, 4) is 5.00 Å². The van der Waals surface area contributed by atoms with Crippen LogP contribution in [0, 0.1) is 6.92 Å². The van der Waals surface area contributed by atoms with Gasteiger partial charge in [-0.25, -0.2) is 14.2 Å².